The molecule has 120 valence electrons. The van der Waals surface area contributed by atoms with Gasteiger partial charge in [-0.1, -0.05) is 43.5 Å². The van der Waals surface area contributed by atoms with Crippen molar-refractivity contribution >= 4 is 5.96 Å². The third-order valence-electron chi connectivity index (χ3n) is 4.56. The second-order valence-electron chi connectivity index (χ2n) is 6.23. The molecule has 4 nitrogen and oxygen atoms in total. The van der Waals surface area contributed by atoms with Gasteiger partial charge in [0.25, 0.3) is 0 Å². The van der Waals surface area contributed by atoms with Gasteiger partial charge >= 0.3 is 0 Å². The Hall–Kier alpha value is -2.36. The molecule has 2 aromatic rings. The van der Waals surface area contributed by atoms with Gasteiger partial charge in [-0.05, 0) is 47.6 Å². The Morgan fingerprint density at radius 2 is 1.74 bits per heavy atom. The second-order valence-corrected chi connectivity index (χ2v) is 6.23. The summed E-state index contributed by atoms with van der Waals surface area (Å²) in [6.07, 6.45) is 8.59. The Labute approximate surface area is 137 Å². The van der Waals surface area contributed by atoms with Gasteiger partial charge in [-0.25, -0.2) is 4.99 Å². The van der Waals surface area contributed by atoms with Crippen molar-refractivity contribution in [1.29, 1.82) is 0 Å². The molecule has 0 bridgehead atoms. The Balaban J connectivity index is 1.76. The van der Waals surface area contributed by atoms with Crippen molar-refractivity contribution in [3.63, 3.8) is 0 Å². The van der Waals surface area contributed by atoms with E-state index in [1.54, 1.807) is 0 Å². The van der Waals surface area contributed by atoms with Crippen LogP contribution in [-0.4, -0.2) is 10.9 Å². The van der Waals surface area contributed by atoms with Crippen molar-refractivity contribution in [1.82, 2.24) is 4.98 Å². The van der Waals surface area contributed by atoms with Gasteiger partial charge in [0.15, 0.2) is 5.96 Å². The van der Waals surface area contributed by atoms with Crippen LogP contribution in [0.1, 0.15) is 49.3 Å². The summed E-state index contributed by atoms with van der Waals surface area (Å²) in [5.41, 5.74) is 15.5. The third-order valence-corrected chi connectivity index (χ3v) is 4.56. The number of hydrogen-bond acceptors (Lipinski definition) is 2. The van der Waals surface area contributed by atoms with E-state index in [0.29, 0.717) is 6.54 Å². The number of benzene rings is 1. The molecule has 1 heterocycles. The van der Waals surface area contributed by atoms with Gasteiger partial charge in [0.05, 0.1) is 12.2 Å². The summed E-state index contributed by atoms with van der Waals surface area (Å²) in [5.74, 6) is 0.835. The summed E-state index contributed by atoms with van der Waals surface area (Å²) < 4.78 is 0. The number of nitrogens with zero attached hydrogens (tertiary/aromatic N) is 2. The van der Waals surface area contributed by atoms with E-state index in [1.165, 1.54) is 43.2 Å². The normalized spacial score (nSPS) is 15.3. The predicted molar refractivity (Wildman–Crippen MR) is 95.0 cm³/mol. The van der Waals surface area contributed by atoms with Gasteiger partial charge in [-0.2, -0.15) is 0 Å². The lowest BCUT2D eigenvalue weighted by Crippen LogP contribution is -2.22. The Bertz CT molecular complexity index is 666. The topological polar surface area (TPSA) is 77.3 Å². The zero-order valence-corrected chi connectivity index (χ0v) is 13.4. The number of aliphatic imine (C=N–C) groups is 1. The fourth-order valence-corrected chi connectivity index (χ4v) is 3.30. The summed E-state index contributed by atoms with van der Waals surface area (Å²) >= 11 is 0. The molecule has 4 heteroatoms. The molecule has 0 saturated heterocycles. The molecule has 1 saturated carbocycles. The minimum Gasteiger partial charge on any atom is -0.370 e. The Kier molecular flexibility index (Phi) is 4.91. The first-order chi connectivity index (χ1) is 11.2. The SMILES string of the molecule is NC(N)=NCc1cc(-c2ccc(C3CCCCC3)cc2)ccn1. The molecule has 0 radical (unpaired) electrons. The van der Waals surface area contributed by atoms with Crippen LogP contribution in [0.15, 0.2) is 47.6 Å². The molecule has 1 aromatic heterocycles. The van der Waals surface area contributed by atoms with Gasteiger partial charge < -0.3 is 11.5 Å². The molecule has 1 aliphatic carbocycles. The minimum absolute atomic E-state index is 0.0917. The predicted octanol–water partition coefficient (Wildman–Crippen LogP) is 3.57. The van der Waals surface area contributed by atoms with Crippen molar-refractivity contribution in [2.45, 2.75) is 44.6 Å². The van der Waals surface area contributed by atoms with E-state index in [9.17, 15) is 0 Å². The highest BCUT2D eigenvalue weighted by Crippen LogP contribution is 2.33. The van der Waals surface area contributed by atoms with Crippen LogP contribution in [0, 0.1) is 0 Å². The highest BCUT2D eigenvalue weighted by Gasteiger charge is 2.15. The van der Waals surface area contributed by atoms with Crippen LogP contribution < -0.4 is 11.5 Å². The van der Waals surface area contributed by atoms with Crippen LogP contribution in [-0.2, 0) is 6.54 Å². The third kappa shape index (κ3) is 4.09. The van der Waals surface area contributed by atoms with Gasteiger partial charge in [-0.15, -0.1) is 0 Å². The van der Waals surface area contributed by atoms with Crippen LogP contribution >= 0.6 is 0 Å². The fourth-order valence-electron chi connectivity index (χ4n) is 3.30. The van der Waals surface area contributed by atoms with E-state index >= 15 is 0 Å². The van der Waals surface area contributed by atoms with E-state index in [1.807, 2.05) is 18.3 Å². The van der Waals surface area contributed by atoms with Crippen molar-refractivity contribution < 1.29 is 0 Å². The molecule has 23 heavy (non-hydrogen) atoms. The maximum Gasteiger partial charge on any atom is 0.186 e. The van der Waals surface area contributed by atoms with E-state index < -0.39 is 0 Å². The van der Waals surface area contributed by atoms with Crippen molar-refractivity contribution in [2.75, 3.05) is 0 Å². The number of rotatable bonds is 4. The average Bonchev–Trinajstić information content (AvgIpc) is 2.61. The lowest BCUT2D eigenvalue weighted by atomic mass is 9.84. The molecule has 3 rings (SSSR count). The minimum atomic E-state index is 0.0917. The lowest BCUT2D eigenvalue weighted by Gasteiger charge is -2.22. The molecule has 4 N–H and O–H groups in total. The summed E-state index contributed by atoms with van der Waals surface area (Å²) in [5, 5.41) is 0. The van der Waals surface area contributed by atoms with Gasteiger partial charge in [0.2, 0.25) is 0 Å². The number of nitrogens with two attached hydrogens (primary N) is 2. The highest BCUT2D eigenvalue weighted by molar-refractivity contribution is 5.75. The molecule has 0 unspecified atom stereocenters. The fraction of sp³-hybridized carbons (Fsp3) is 0.368. The summed E-state index contributed by atoms with van der Waals surface area (Å²) in [6.45, 7) is 0.413. The van der Waals surface area contributed by atoms with Crippen molar-refractivity contribution in [3.8, 4) is 11.1 Å². The van der Waals surface area contributed by atoms with Crippen LogP contribution in [0.2, 0.25) is 0 Å². The van der Waals surface area contributed by atoms with Gasteiger partial charge in [0.1, 0.15) is 0 Å². The maximum absolute atomic E-state index is 5.38. The first-order valence-electron chi connectivity index (χ1n) is 8.33. The Morgan fingerprint density at radius 3 is 2.43 bits per heavy atom. The molecule has 0 spiro atoms. The molecular weight excluding hydrogens is 284 g/mol. The number of hydrogen-bond donors (Lipinski definition) is 2. The van der Waals surface area contributed by atoms with Crippen molar-refractivity contribution in [3.05, 3.63) is 53.9 Å². The summed E-state index contributed by atoms with van der Waals surface area (Å²) in [7, 11) is 0. The molecule has 0 atom stereocenters. The summed E-state index contributed by atoms with van der Waals surface area (Å²) in [6, 6.07) is 13.0. The van der Waals surface area contributed by atoms with E-state index in [4.69, 9.17) is 11.5 Å². The van der Waals surface area contributed by atoms with Gasteiger partial charge in [0, 0.05) is 6.20 Å². The molecule has 0 amide bonds. The highest BCUT2D eigenvalue weighted by atomic mass is 15.0. The number of aromatic nitrogens is 1. The van der Waals surface area contributed by atoms with E-state index in [0.717, 1.165) is 17.2 Å². The van der Waals surface area contributed by atoms with Crippen LogP contribution in [0.4, 0.5) is 0 Å². The van der Waals surface area contributed by atoms with Crippen LogP contribution in [0.3, 0.4) is 0 Å². The molecule has 1 aliphatic rings. The Morgan fingerprint density at radius 1 is 1.00 bits per heavy atom. The van der Waals surface area contributed by atoms with Crippen LogP contribution in [0.25, 0.3) is 11.1 Å². The maximum atomic E-state index is 5.38. The van der Waals surface area contributed by atoms with E-state index in [-0.39, 0.29) is 5.96 Å². The first-order valence-corrected chi connectivity index (χ1v) is 8.33. The smallest absolute Gasteiger partial charge is 0.186 e. The number of pyridine rings is 1. The first kappa shape index (κ1) is 15.5. The lowest BCUT2D eigenvalue weighted by molar-refractivity contribution is 0.443. The van der Waals surface area contributed by atoms with Crippen molar-refractivity contribution in [2.24, 2.45) is 16.5 Å². The zero-order chi connectivity index (χ0) is 16.1. The zero-order valence-electron chi connectivity index (χ0n) is 13.4. The van der Waals surface area contributed by atoms with E-state index in [2.05, 4.69) is 34.2 Å². The largest absolute Gasteiger partial charge is 0.370 e. The molecular formula is C19H24N4. The quantitative estimate of drug-likeness (QED) is 0.669. The molecule has 1 aromatic carbocycles. The van der Waals surface area contributed by atoms with Crippen LogP contribution in [0.5, 0.6) is 0 Å². The summed E-state index contributed by atoms with van der Waals surface area (Å²) in [4.78, 5) is 8.32. The molecule has 0 aliphatic heterocycles. The standard InChI is InChI=1S/C19H24N4/c20-19(21)23-13-18-12-17(10-11-22-18)16-8-6-15(7-9-16)14-4-2-1-3-5-14/h6-12,14H,1-5,13H2,(H4,20,21,23). The monoisotopic (exact) mass is 308 g/mol. The molecule has 1 fully saturated rings. The number of guanidine groups is 1. The van der Waals surface area contributed by atoms with Gasteiger partial charge in [-0.3, -0.25) is 4.98 Å². The second kappa shape index (κ2) is 7.27. The average molecular weight is 308 g/mol.